The Hall–Kier alpha value is -1.22. The smallest absolute Gasteiger partial charge is 0.138 e. The lowest BCUT2D eigenvalue weighted by Crippen LogP contribution is -2.44. The molecule has 98 valence electrons. The summed E-state index contributed by atoms with van der Waals surface area (Å²) < 4.78 is 0. The molecular formula is C15H22N2O. The molecule has 1 heterocycles. The summed E-state index contributed by atoms with van der Waals surface area (Å²) in [5, 5.41) is 13.5. The maximum atomic E-state index is 10.1. The average molecular weight is 246 g/mol. The maximum absolute atomic E-state index is 10.1. The molecule has 3 rings (SSSR count). The molecule has 2 aliphatic rings. The van der Waals surface area contributed by atoms with Crippen molar-refractivity contribution < 1.29 is 5.11 Å². The number of para-hydroxylation sites is 2. The monoisotopic (exact) mass is 246 g/mol. The van der Waals surface area contributed by atoms with Crippen molar-refractivity contribution in [3.63, 3.8) is 0 Å². The van der Waals surface area contributed by atoms with E-state index < -0.39 is 0 Å². The lowest BCUT2D eigenvalue weighted by Gasteiger charge is -2.37. The highest BCUT2D eigenvalue weighted by molar-refractivity contribution is 5.58. The molecule has 1 saturated carbocycles. The van der Waals surface area contributed by atoms with E-state index in [1.807, 2.05) is 12.1 Å². The Labute approximate surface area is 109 Å². The summed E-state index contributed by atoms with van der Waals surface area (Å²) in [5.74, 6) is 1.27. The number of piperidine rings is 1. The van der Waals surface area contributed by atoms with Crippen molar-refractivity contribution in [2.75, 3.05) is 24.5 Å². The number of nitrogens with one attached hydrogen (secondary N) is 1. The number of nitrogens with zero attached hydrogens (tertiary/aromatic N) is 1. The molecular weight excluding hydrogens is 224 g/mol. The van der Waals surface area contributed by atoms with Crippen molar-refractivity contribution >= 4 is 5.69 Å². The molecule has 1 aliphatic carbocycles. The van der Waals surface area contributed by atoms with Crippen molar-refractivity contribution in [2.45, 2.75) is 31.7 Å². The summed E-state index contributed by atoms with van der Waals surface area (Å²) in [7, 11) is 0. The molecule has 0 atom stereocenters. The third-order valence-corrected chi connectivity index (χ3v) is 4.09. The Balaban J connectivity index is 1.81. The molecule has 0 aromatic heterocycles. The molecule has 0 amide bonds. The second-order valence-corrected chi connectivity index (χ2v) is 5.57. The van der Waals surface area contributed by atoms with Crippen LogP contribution in [0.2, 0.25) is 0 Å². The summed E-state index contributed by atoms with van der Waals surface area (Å²) >= 11 is 0. The van der Waals surface area contributed by atoms with Gasteiger partial charge in [0.25, 0.3) is 0 Å². The molecule has 0 unspecified atom stereocenters. The van der Waals surface area contributed by atoms with Gasteiger partial charge in [-0.3, -0.25) is 0 Å². The van der Waals surface area contributed by atoms with E-state index >= 15 is 0 Å². The number of benzene rings is 1. The van der Waals surface area contributed by atoms with Crippen molar-refractivity contribution in [1.82, 2.24) is 5.32 Å². The van der Waals surface area contributed by atoms with Crippen molar-refractivity contribution in [3.8, 4) is 5.75 Å². The van der Waals surface area contributed by atoms with Crippen LogP contribution in [0, 0.1) is 5.92 Å². The summed E-state index contributed by atoms with van der Waals surface area (Å²) in [4.78, 5) is 2.45. The van der Waals surface area contributed by atoms with Gasteiger partial charge in [-0.25, -0.2) is 0 Å². The van der Waals surface area contributed by atoms with Crippen LogP contribution < -0.4 is 10.2 Å². The summed E-state index contributed by atoms with van der Waals surface area (Å²) in [6.45, 7) is 3.31. The first-order valence-corrected chi connectivity index (χ1v) is 7.10. The lowest BCUT2D eigenvalue weighted by molar-refractivity contribution is 0.416. The normalized spacial score (nSPS) is 20.9. The topological polar surface area (TPSA) is 35.5 Å². The summed E-state index contributed by atoms with van der Waals surface area (Å²) in [6.07, 6.45) is 5.08. The SMILES string of the molecule is Oc1ccccc1N(CC1CC1)C1CCNCC1. The standard InChI is InChI=1S/C15H22N2O/c18-15-4-2-1-3-14(15)17(11-12-5-6-12)13-7-9-16-10-8-13/h1-4,12-13,16,18H,5-11H2. The van der Waals surface area contributed by atoms with Gasteiger partial charge in [-0.15, -0.1) is 0 Å². The molecule has 0 bridgehead atoms. The van der Waals surface area contributed by atoms with Crippen molar-refractivity contribution in [1.29, 1.82) is 0 Å². The predicted octanol–water partition coefficient (Wildman–Crippen LogP) is 2.36. The molecule has 2 N–H and O–H groups in total. The van der Waals surface area contributed by atoms with Crippen LogP contribution in [0.5, 0.6) is 5.75 Å². The van der Waals surface area contributed by atoms with Gasteiger partial charge in [0.15, 0.2) is 0 Å². The zero-order valence-electron chi connectivity index (χ0n) is 10.8. The van der Waals surface area contributed by atoms with Crippen LogP contribution in [0.3, 0.4) is 0 Å². The molecule has 3 nitrogen and oxygen atoms in total. The van der Waals surface area contributed by atoms with Crippen LogP contribution in [-0.2, 0) is 0 Å². The average Bonchev–Trinajstić information content (AvgIpc) is 3.22. The molecule has 1 aliphatic heterocycles. The third-order valence-electron chi connectivity index (χ3n) is 4.09. The highest BCUT2D eigenvalue weighted by atomic mass is 16.3. The Morgan fingerprint density at radius 3 is 2.50 bits per heavy atom. The fourth-order valence-corrected chi connectivity index (χ4v) is 2.85. The van der Waals surface area contributed by atoms with Gasteiger partial charge in [0, 0.05) is 12.6 Å². The highest BCUT2D eigenvalue weighted by Crippen LogP contribution is 2.36. The number of rotatable bonds is 4. The van der Waals surface area contributed by atoms with Gasteiger partial charge in [-0.1, -0.05) is 12.1 Å². The minimum atomic E-state index is 0.427. The number of phenolic OH excluding ortho intramolecular Hbond substituents is 1. The van der Waals surface area contributed by atoms with E-state index in [2.05, 4.69) is 16.3 Å². The second kappa shape index (κ2) is 5.19. The van der Waals surface area contributed by atoms with Crippen LogP contribution in [-0.4, -0.2) is 30.8 Å². The van der Waals surface area contributed by atoms with Crippen LogP contribution >= 0.6 is 0 Å². The Bertz CT molecular complexity index is 397. The summed E-state index contributed by atoms with van der Waals surface area (Å²) in [6, 6.07) is 8.36. The fourth-order valence-electron chi connectivity index (χ4n) is 2.85. The summed E-state index contributed by atoms with van der Waals surface area (Å²) in [5.41, 5.74) is 1.02. The first-order valence-electron chi connectivity index (χ1n) is 7.10. The Morgan fingerprint density at radius 1 is 1.11 bits per heavy atom. The number of anilines is 1. The van der Waals surface area contributed by atoms with Gasteiger partial charge in [-0.05, 0) is 56.8 Å². The van der Waals surface area contributed by atoms with Crippen LogP contribution in [0.1, 0.15) is 25.7 Å². The van der Waals surface area contributed by atoms with E-state index in [9.17, 15) is 5.11 Å². The zero-order valence-corrected chi connectivity index (χ0v) is 10.8. The Kier molecular flexibility index (Phi) is 3.41. The maximum Gasteiger partial charge on any atom is 0.138 e. The number of hydrogen-bond donors (Lipinski definition) is 2. The first-order chi connectivity index (χ1) is 8.84. The third kappa shape index (κ3) is 2.61. The number of phenols is 1. The molecule has 1 aromatic rings. The van der Waals surface area contributed by atoms with Crippen molar-refractivity contribution in [2.24, 2.45) is 5.92 Å². The van der Waals surface area contributed by atoms with E-state index in [-0.39, 0.29) is 0 Å². The highest BCUT2D eigenvalue weighted by Gasteiger charge is 2.30. The largest absolute Gasteiger partial charge is 0.506 e. The van der Waals surface area contributed by atoms with E-state index in [1.165, 1.54) is 25.7 Å². The van der Waals surface area contributed by atoms with E-state index in [4.69, 9.17) is 0 Å². The zero-order chi connectivity index (χ0) is 12.4. The quantitative estimate of drug-likeness (QED) is 0.856. The minimum absolute atomic E-state index is 0.427. The number of aromatic hydroxyl groups is 1. The van der Waals surface area contributed by atoms with Gasteiger partial charge in [0.2, 0.25) is 0 Å². The van der Waals surface area contributed by atoms with Gasteiger partial charge in [0.1, 0.15) is 5.75 Å². The second-order valence-electron chi connectivity index (χ2n) is 5.57. The van der Waals surface area contributed by atoms with Crippen molar-refractivity contribution in [3.05, 3.63) is 24.3 Å². The molecule has 1 aromatic carbocycles. The lowest BCUT2D eigenvalue weighted by atomic mass is 10.0. The molecule has 3 heteroatoms. The van der Waals surface area contributed by atoms with Gasteiger partial charge in [-0.2, -0.15) is 0 Å². The van der Waals surface area contributed by atoms with Crippen LogP contribution in [0.15, 0.2) is 24.3 Å². The first kappa shape index (κ1) is 11.8. The molecule has 2 fully saturated rings. The minimum Gasteiger partial charge on any atom is -0.506 e. The number of hydrogen-bond acceptors (Lipinski definition) is 3. The van der Waals surface area contributed by atoms with Crippen LogP contribution in [0.4, 0.5) is 5.69 Å². The molecule has 0 spiro atoms. The van der Waals surface area contributed by atoms with E-state index in [1.54, 1.807) is 6.07 Å². The van der Waals surface area contributed by atoms with Crippen LogP contribution in [0.25, 0.3) is 0 Å². The van der Waals surface area contributed by atoms with E-state index in [0.717, 1.165) is 31.2 Å². The Morgan fingerprint density at radius 2 is 1.83 bits per heavy atom. The molecule has 0 radical (unpaired) electrons. The molecule has 1 saturated heterocycles. The van der Waals surface area contributed by atoms with Gasteiger partial charge < -0.3 is 15.3 Å². The van der Waals surface area contributed by atoms with Gasteiger partial charge in [0.05, 0.1) is 5.69 Å². The fraction of sp³-hybridized carbons (Fsp3) is 0.600. The molecule has 18 heavy (non-hydrogen) atoms. The predicted molar refractivity (Wildman–Crippen MR) is 74.1 cm³/mol. The van der Waals surface area contributed by atoms with E-state index in [0.29, 0.717) is 11.8 Å². The van der Waals surface area contributed by atoms with Gasteiger partial charge >= 0.3 is 0 Å².